The molecule has 0 aliphatic carbocycles. The second-order valence-corrected chi connectivity index (χ2v) is 3.37. The van der Waals surface area contributed by atoms with Crippen LogP contribution in [0, 0.1) is 0 Å². The highest BCUT2D eigenvalue weighted by Crippen LogP contribution is 2.22. The van der Waals surface area contributed by atoms with Gasteiger partial charge in [-0.05, 0) is 19.5 Å². The number of rotatable bonds is 7. The van der Waals surface area contributed by atoms with Crippen LogP contribution in [-0.4, -0.2) is 31.9 Å². The molecule has 0 aromatic carbocycles. The Labute approximate surface area is 97.0 Å². The largest absolute Gasteiger partial charge is 0.481 e. The van der Waals surface area contributed by atoms with Crippen LogP contribution >= 0.6 is 0 Å². The average Bonchev–Trinajstić information content (AvgIpc) is 2.34. The van der Waals surface area contributed by atoms with Crippen molar-refractivity contribution in [1.29, 1.82) is 0 Å². The van der Waals surface area contributed by atoms with E-state index in [9.17, 15) is 0 Å². The highest BCUT2D eigenvalue weighted by Gasteiger charge is 2.15. The first-order valence-corrected chi connectivity index (χ1v) is 5.63. The second kappa shape index (κ2) is 7.19. The third-order valence-electron chi connectivity index (χ3n) is 2.31. The maximum absolute atomic E-state index is 5.46. The molecule has 16 heavy (non-hydrogen) atoms. The van der Waals surface area contributed by atoms with Crippen LogP contribution in [-0.2, 0) is 4.74 Å². The molecule has 4 nitrogen and oxygen atoms in total. The Morgan fingerprint density at radius 3 is 2.88 bits per heavy atom. The number of likely N-dealkylation sites (N-methyl/N-ethyl adjacent to an activating group) is 1. The summed E-state index contributed by atoms with van der Waals surface area (Å²) in [5.41, 5.74) is 1.04. The lowest BCUT2D eigenvalue weighted by atomic mass is 10.1. The van der Waals surface area contributed by atoms with Crippen molar-refractivity contribution in [2.24, 2.45) is 0 Å². The van der Waals surface area contributed by atoms with Crippen LogP contribution in [0.2, 0.25) is 0 Å². The van der Waals surface area contributed by atoms with Gasteiger partial charge >= 0.3 is 0 Å². The average molecular weight is 224 g/mol. The zero-order valence-corrected chi connectivity index (χ0v) is 10.2. The Morgan fingerprint density at radius 1 is 1.44 bits per heavy atom. The van der Waals surface area contributed by atoms with Gasteiger partial charge in [0.15, 0.2) is 0 Å². The Morgan fingerprint density at radius 2 is 2.25 bits per heavy atom. The van der Waals surface area contributed by atoms with Gasteiger partial charge in [-0.2, -0.15) is 0 Å². The summed E-state index contributed by atoms with van der Waals surface area (Å²) in [7, 11) is 1.63. The molecule has 1 rings (SSSR count). The first-order valence-electron chi connectivity index (χ1n) is 5.63. The summed E-state index contributed by atoms with van der Waals surface area (Å²) in [5, 5.41) is 3.36. The molecule has 0 amide bonds. The summed E-state index contributed by atoms with van der Waals surface area (Å²) in [6.45, 7) is 6.29. The van der Waals surface area contributed by atoms with Crippen LogP contribution in [0.15, 0.2) is 18.3 Å². The van der Waals surface area contributed by atoms with Crippen LogP contribution < -0.4 is 10.1 Å². The minimum absolute atomic E-state index is 0.133. The summed E-state index contributed by atoms with van der Waals surface area (Å²) in [6.07, 6.45) is 1.73. The van der Waals surface area contributed by atoms with E-state index in [0.29, 0.717) is 19.1 Å². The van der Waals surface area contributed by atoms with E-state index in [-0.39, 0.29) is 6.04 Å². The summed E-state index contributed by atoms with van der Waals surface area (Å²) < 4.78 is 10.7. The summed E-state index contributed by atoms with van der Waals surface area (Å²) >= 11 is 0. The normalized spacial score (nSPS) is 12.4. The fourth-order valence-electron chi connectivity index (χ4n) is 1.58. The molecule has 1 aromatic heterocycles. The van der Waals surface area contributed by atoms with E-state index in [2.05, 4.69) is 17.2 Å². The lowest BCUT2D eigenvalue weighted by molar-refractivity contribution is 0.122. The van der Waals surface area contributed by atoms with Crippen LogP contribution in [0.25, 0.3) is 0 Å². The van der Waals surface area contributed by atoms with Crippen LogP contribution in [0.1, 0.15) is 25.5 Å². The third-order valence-corrected chi connectivity index (χ3v) is 2.31. The predicted octanol–water partition coefficient (Wildman–Crippen LogP) is 1.78. The zero-order valence-electron chi connectivity index (χ0n) is 10.2. The number of aromatic nitrogens is 1. The molecule has 4 heteroatoms. The van der Waals surface area contributed by atoms with Gasteiger partial charge in [-0.25, -0.2) is 4.98 Å². The molecule has 0 saturated carbocycles. The van der Waals surface area contributed by atoms with Gasteiger partial charge < -0.3 is 14.8 Å². The monoisotopic (exact) mass is 224 g/mol. The maximum atomic E-state index is 5.46. The van der Waals surface area contributed by atoms with Crippen molar-refractivity contribution in [1.82, 2.24) is 10.3 Å². The van der Waals surface area contributed by atoms with Crippen molar-refractivity contribution in [3.05, 3.63) is 23.9 Å². The molecular weight excluding hydrogens is 204 g/mol. The molecule has 0 saturated heterocycles. The first kappa shape index (κ1) is 12.9. The quantitative estimate of drug-likeness (QED) is 0.766. The van der Waals surface area contributed by atoms with Crippen molar-refractivity contribution < 1.29 is 9.47 Å². The minimum Gasteiger partial charge on any atom is -0.481 e. The third kappa shape index (κ3) is 3.47. The standard InChI is InChI=1S/C12H20N2O2/c1-4-13-11(9-16-5-2)10-7-6-8-14-12(10)15-3/h6-8,11,13H,4-5,9H2,1-3H3. The van der Waals surface area contributed by atoms with Crippen molar-refractivity contribution in [3.8, 4) is 5.88 Å². The highest BCUT2D eigenvalue weighted by molar-refractivity contribution is 5.29. The van der Waals surface area contributed by atoms with Gasteiger partial charge in [0.2, 0.25) is 5.88 Å². The molecule has 0 bridgehead atoms. The van der Waals surface area contributed by atoms with Crippen molar-refractivity contribution in [2.75, 3.05) is 26.9 Å². The Bertz CT molecular complexity index is 305. The topological polar surface area (TPSA) is 43.4 Å². The molecule has 0 aliphatic rings. The predicted molar refractivity (Wildman–Crippen MR) is 63.7 cm³/mol. The van der Waals surface area contributed by atoms with Crippen LogP contribution in [0.4, 0.5) is 0 Å². The Balaban J connectivity index is 2.81. The first-order chi connectivity index (χ1) is 7.83. The number of ether oxygens (including phenoxy) is 2. The molecule has 1 atom stereocenters. The van der Waals surface area contributed by atoms with Crippen LogP contribution in [0.5, 0.6) is 5.88 Å². The molecule has 0 fully saturated rings. The van der Waals surface area contributed by atoms with E-state index in [0.717, 1.165) is 12.1 Å². The maximum Gasteiger partial charge on any atom is 0.217 e. The second-order valence-electron chi connectivity index (χ2n) is 3.37. The molecule has 1 N–H and O–H groups in total. The lowest BCUT2D eigenvalue weighted by Crippen LogP contribution is -2.26. The van der Waals surface area contributed by atoms with E-state index in [1.807, 2.05) is 19.1 Å². The Kier molecular flexibility index (Phi) is 5.82. The van der Waals surface area contributed by atoms with Gasteiger partial charge in [-0.15, -0.1) is 0 Å². The van der Waals surface area contributed by atoms with E-state index in [1.54, 1.807) is 13.3 Å². The number of hydrogen-bond donors (Lipinski definition) is 1. The zero-order chi connectivity index (χ0) is 11.8. The summed E-state index contributed by atoms with van der Waals surface area (Å²) in [4.78, 5) is 4.19. The highest BCUT2D eigenvalue weighted by atomic mass is 16.5. The van der Waals surface area contributed by atoms with Crippen molar-refractivity contribution >= 4 is 0 Å². The molecule has 90 valence electrons. The van der Waals surface area contributed by atoms with E-state index in [4.69, 9.17) is 9.47 Å². The van der Waals surface area contributed by atoms with E-state index >= 15 is 0 Å². The van der Waals surface area contributed by atoms with E-state index < -0.39 is 0 Å². The minimum atomic E-state index is 0.133. The number of pyridine rings is 1. The summed E-state index contributed by atoms with van der Waals surface area (Å²) in [6, 6.07) is 4.06. The fourth-order valence-corrected chi connectivity index (χ4v) is 1.58. The number of nitrogens with zero attached hydrogens (tertiary/aromatic N) is 1. The van der Waals surface area contributed by atoms with Gasteiger partial charge in [0.25, 0.3) is 0 Å². The number of hydrogen-bond acceptors (Lipinski definition) is 4. The number of methoxy groups -OCH3 is 1. The molecule has 1 heterocycles. The van der Waals surface area contributed by atoms with Gasteiger partial charge in [-0.1, -0.05) is 13.0 Å². The van der Waals surface area contributed by atoms with Crippen molar-refractivity contribution in [3.63, 3.8) is 0 Å². The van der Waals surface area contributed by atoms with Crippen LogP contribution in [0.3, 0.4) is 0 Å². The van der Waals surface area contributed by atoms with Gasteiger partial charge in [-0.3, -0.25) is 0 Å². The molecule has 0 aliphatic heterocycles. The number of nitrogens with one attached hydrogen (secondary N) is 1. The van der Waals surface area contributed by atoms with Gasteiger partial charge in [0.05, 0.1) is 19.8 Å². The summed E-state index contributed by atoms with van der Waals surface area (Å²) in [5.74, 6) is 0.660. The van der Waals surface area contributed by atoms with Gasteiger partial charge in [0.1, 0.15) is 0 Å². The smallest absolute Gasteiger partial charge is 0.217 e. The molecule has 0 spiro atoms. The SMILES string of the molecule is CCNC(COCC)c1cccnc1OC. The fraction of sp³-hybridized carbons (Fsp3) is 0.583. The molecule has 1 aromatic rings. The molecule has 1 unspecified atom stereocenters. The lowest BCUT2D eigenvalue weighted by Gasteiger charge is -2.19. The molecule has 0 radical (unpaired) electrons. The Hall–Kier alpha value is -1.13. The van der Waals surface area contributed by atoms with Gasteiger partial charge in [0, 0.05) is 18.4 Å². The van der Waals surface area contributed by atoms with E-state index in [1.165, 1.54) is 0 Å². The molecular formula is C12H20N2O2. The van der Waals surface area contributed by atoms with Crippen molar-refractivity contribution in [2.45, 2.75) is 19.9 Å².